The van der Waals surface area contributed by atoms with Crippen LogP contribution in [0.4, 0.5) is 0 Å². The minimum absolute atomic E-state index is 0.0390. The van der Waals surface area contributed by atoms with Gasteiger partial charge in [-0.25, -0.2) is 0 Å². The molecule has 334 valence electrons. The van der Waals surface area contributed by atoms with E-state index in [0.29, 0.717) is 36.7 Å². The number of allylic oxidation sites excluding steroid dienone is 9. The van der Waals surface area contributed by atoms with Crippen LogP contribution in [0.2, 0.25) is 0 Å². The van der Waals surface area contributed by atoms with E-state index in [1.807, 2.05) is 63.7 Å². The van der Waals surface area contributed by atoms with Crippen LogP contribution < -0.4 is 10.2 Å². The minimum Gasteiger partial charge on any atom is -0.756 e. The van der Waals surface area contributed by atoms with Crippen LogP contribution in [0, 0.1) is 0 Å². The van der Waals surface area contributed by atoms with Crippen LogP contribution in [-0.4, -0.2) is 91.0 Å². The van der Waals surface area contributed by atoms with Crippen molar-refractivity contribution in [2.24, 2.45) is 0 Å². The van der Waals surface area contributed by atoms with Gasteiger partial charge in [0.1, 0.15) is 13.2 Å². The summed E-state index contributed by atoms with van der Waals surface area (Å²) in [4.78, 5) is 25.3. The Morgan fingerprint density at radius 3 is 1.76 bits per heavy atom. The fourth-order valence-electron chi connectivity index (χ4n) is 5.70. The van der Waals surface area contributed by atoms with Crippen molar-refractivity contribution in [1.82, 2.24) is 5.32 Å². The van der Waals surface area contributed by atoms with Gasteiger partial charge in [0.15, 0.2) is 0 Å². The molecular weight excluding hydrogens is 751 g/mol. The maximum absolute atomic E-state index is 12.8. The molecule has 58 heavy (non-hydrogen) atoms. The zero-order valence-corrected chi connectivity index (χ0v) is 37.8. The standard InChI is InChI=1S/C47H83N2O8P/c1-6-8-10-11-12-13-14-15-16-17-18-19-20-24-32-38-46(52)45(42-57-58(54,55)56-41-40-49(3,4)5)48-47(53)39-33-25-22-21-23-29-35-44(51)37-31-27-26-30-36-43(50)34-28-9-7-2/h9,22-23,25-32,36-38,43-46,50-52H,6-8,10-21,24,33-35,39-42H2,1-5H3,(H-,48,53,54,55)/b25-22-,27-26-,28-9-,29-23-,36-30+,37-31+,38-32+/t43-,44+,45-,46+/m0/s1. The summed E-state index contributed by atoms with van der Waals surface area (Å²) in [5.41, 5.74) is 0. The molecule has 10 nitrogen and oxygen atoms in total. The van der Waals surface area contributed by atoms with Crippen LogP contribution in [0.25, 0.3) is 0 Å². The van der Waals surface area contributed by atoms with Crippen molar-refractivity contribution >= 4 is 13.7 Å². The Balaban J connectivity index is 4.71. The Hall–Kier alpha value is -2.40. The van der Waals surface area contributed by atoms with E-state index in [-0.39, 0.29) is 18.9 Å². The number of carbonyl (C=O) groups excluding carboxylic acids is 1. The average molecular weight is 835 g/mol. The SMILES string of the molecule is CC/C=C\C[C@H](O)/C=C/C=C\C=C\[C@H](O)C/C=C\C/C=C\CCC(=O)N[C@@H](COP(=O)([O-])OCC[N+](C)(C)C)[C@H](O)/C=C/CCCCCCCCCCCCCCC. The lowest BCUT2D eigenvalue weighted by atomic mass is 10.0. The number of carbonyl (C=O) groups is 1. The molecule has 0 aliphatic heterocycles. The van der Waals surface area contributed by atoms with Gasteiger partial charge in [0.2, 0.25) is 5.91 Å². The molecule has 0 saturated heterocycles. The Morgan fingerprint density at radius 1 is 0.672 bits per heavy atom. The predicted octanol–water partition coefficient (Wildman–Crippen LogP) is 9.50. The molecule has 0 spiro atoms. The predicted molar refractivity (Wildman–Crippen MR) is 240 cm³/mol. The van der Waals surface area contributed by atoms with E-state index in [9.17, 15) is 29.6 Å². The number of phosphoric acid groups is 1. The minimum atomic E-state index is -4.64. The Kier molecular flexibility index (Phi) is 36.0. The highest BCUT2D eigenvalue weighted by atomic mass is 31.2. The molecule has 0 bridgehead atoms. The highest BCUT2D eigenvalue weighted by Gasteiger charge is 2.23. The van der Waals surface area contributed by atoms with E-state index in [1.165, 1.54) is 70.6 Å². The lowest BCUT2D eigenvalue weighted by Crippen LogP contribution is -2.45. The summed E-state index contributed by atoms with van der Waals surface area (Å²) in [5.74, 6) is -0.329. The van der Waals surface area contributed by atoms with E-state index in [4.69, 9.17) is 9.05 Å². The number of rotatable bonds is 38. The van der Waals surface area contributed by atoms with Gasteiger partial charge in [-0.05, 0) is 44.9 Å². The van der Waals surface area contributed by atoms with Crippen LogP contribution in [-0.2, 0) is 18.4 Å². The lowest BCUT2D eigenvalue weighted by Gasteiger charge is -2.29. The summed E-state index contributed by atoms with van der Waals surface area (Å²) >= 11 is 0. The molecule has 0 heterocycles. The Bertz CT molecular complexity index is 1250. The third-order valence-electron chi connectivity index (χ3n) is 9.29. The van der Waals surface area contributed by atoms with Crippen LogP contribution >= 0.6 is 7.82 Å². The van der Waals surface area contributed by atoms with Crippen molar-refractivity contribution in [1.29, 1.82) is 0 Å². The number of hydrogen-bond donors (Lipinski definition) is 4. The quantitative estimate of drug-likeness (QED) is 0.0158. The molecule has 5 atom stereocenters. The number of unbranched alkanes of at least 4 members (excludes halogenated alkanes) is 13. The van der Waals surface area contributed by atoms with Gasteiger partial charge in [-0.3, -0.25) is 9.36 Å². The molecule has 0 saturated carbocycles. The van der Waals surface area contributed by atoms with Crippen molar-refractivity contribution < 1.29 is 43.1 Å². The summed E-state index contributed by atoms with van der Waals surface area (Å²) in [7, 11) is 1.13. The molecule has 4 N–H and O–H groups in total. The number of aliphatic hydroxyl groups excluding tert-OH is 3. The van der Waals surface area contributed by atoms with Crippen LogP contribution in [0.1, 0.15) is 142 Å². The van der Waals surface area contributed by atoms with E-state index in [2.05, 4.69) is 19.2 Å². The second-order valence-corrected chi connectivity index (χ2v) is 17.5. The number of quaternary nitrogens is 1. The third-order valence-corrected chi connectivity index (χ3v) is 10.3. The fourth-order valence-corrected chi connectivity index (χ4v) is 6.42. The van der Waals surface area contributed by atoms with Gasteiger partial charge in [0, 0.05) is 6.42 Å². The monoisotopic (exact) mass is 835 g/mol. The summed E-state index contributed by atoms with van der Waals surface area (Å²) in [6.45, 7) is 4.28. The van der Waals surface area contributed by atoms with Gasteiger partial charge in [0.25, 0.3) is 7.82 Å². The van der Waals surface area contributed by atoms with Crippen LogP contribution in [0.3, 0.4) is 0 Å². The number of likely N-dealkylation sites (N-methyl/N-ethyl adjacent to an activating group) is 1. The van der Waals surface area contributed by atoms with Crippen LogP contribution in [0.5, 0.6) is 0 Å². The number of phosphoric ester groups is 1. The van der Waals surface area contributed by atoms with Crippen LogP contribution in [0.15, 0.2) is 85.1 Å². The molecule has 1 unspecified atom stereocenters. The molecule has 0 fully saturated rings. The van der Waals surface area contributed by atoms with Gasteiger partial charge in [-0.15, -0.1) is 0 Å². The number of nitrogens with zero attached hydrogens (tertiary/aromatic N) is 1. The van der Waals surface area contributed by atoms with Gasteiger partial charge in [-0.2, -0.15) is 0 Å². The van der Waals surface area contributed by atoms with E-state index in [0.717, 1.165) is 25.7 Å². The van der Waals surface area contributed by atoms with Gasteiger partial charge in [-0.1, -0.05) is 176 Å². The molecule has 0 aliphatic carbocycles. The molecule has 0 aromatic rings. The second kappa shape index (κ2) is 37.6. The number of nitrogens with one attached hydrogen (secondary N) is 1. The molecule has 1 amide bonds. The maximum atomic E-state index is 12.8. The third kappa shape index (κ3) is 39.1. The number of hydrogen-bond acceptors (Lipinski definition) is 8. The molecule has 0 aliphatic rings. The first-order chi connectivity index (χ1) is 27.8. The summed E-state index contributed by atoms with van der Waals surface area (Å²) < 4.78 is 23.1. The molecule has 0 radical (unpaired) electrons. The molecule has 0 rings (SSSR count). The van der Waals surface area contributed by atoms with Crippen molar-refractivity contribution in [3.05, 3.63) is 85.1 Å². The second-order valence-electron chi connectivity index (χ2n) is 16.1. The van der Waals surface area contributed by atoms with Gasteiger partial charge < -0.3 is 39.1 Å². The van der Waals surface area contributed by atoms with Gasteiger partial charge >= 0.3 is 0 Å². The number of amides is 1. The maximum Gasteiger partial charge on any atom is 0.268 e. The Morgan fingerprint density at radius 2 is 1.21 bits per heavy atom. The topological polar surface area (TPSA) is 148 Å². The first kappa shape index (κ1) is 55.6. The summed E-state index contributed by atoms with van der Waals surface area (Å²) in [6.07, 6.45) is 44.1. The highest BCUT2D eigenvalue weighted by Crippen LogP contribution is 2.38. The largest absolute Gasteiger partial charge is 0.756 e. The molecular formula is C47H83N2O8P. The normalized spacial score (nSPS) is 16.2. The summed E-state index contributed by atoms with van der Waals surface area (Å²) in [6, 6.07) is -0.968. The molecule has 0 aromatic heterocycles. The Labute approximate surface area is 353 Å². The fraction of sp³-hybridized carbons (Fsp3) is 0.681. The van der Waals surface area contributed by atoms with E-state index in [1.54, 1.807) is 42.5 Å². The zero-order valence-electron chi connectivity index (χ0n) is 36.9. The first-order valence-corrected chi connectivity index (χ1v) is 23.6. The van der Waals surface area contributed by atoms with E-state index >= 15 is 0 Å². The summed E-state index contributed by atoms with van der Waals surface area (Å²) in [5, 5.41) is 33.7. The van der Waals surface area contributed by atoms with Crippen molar-refractivity contribution in [3.8, 4) is 0 Å². The smallest absolute Gasteiger partial charge is 0.268 e. The zero-order chi connectivity index (χ0) is 43.2. The molecule has 0 aromatic carbocycles. The highest BCUT2D eigenvalue weighted by molar-refractivity contribution is 7.45. The average Bonchev–Trinajstić information content (AvgIpc) is 3.16. The van der Waals surface area contributed by atoms with Crippen molar-refractivity contribution in [3.63, 3.8) is 0 Å². The molecule has 11 heteroatoms. The van der Waals surface area contributed by atoms with Gasteiger partial charge in [0.05, 0.1) is 52.1 Å². The first-order valence-electron chi connectivity index (χ1n) is 22.2. The lowest BCUT2D eigenvalue weighted by molar-refractivity contribution is -0.870. The van der Waals surface area contributed by atoms with Crippen molar-refractivity contribution in [2.75, 3.05) is 40.9 Å². The van der Waals surface area contributed by atoms with Crippen molar-refractivity contribution in [2.45, 2.75) is 167 Å². The number of aliphatic hydroxyl groups is 3. The van der Waals surface area contributed by atoms with E-state index < -0.39 is 38.8 Å².